The molecule has 0 bridgehead atoms. The van der Waals surface area contributed by atoms with E-state index < -0.39 is 0 Å². The van der Waals surface area contributed by atoms with Gasteiger partial charge in [-0.1, -0.05) is 37.6 Å². The Morgan fingerprint density at radius 2 is 1.67 bits per heavy atom. The zero-order valence-electron chi connectivity index (χ0n) is 15.2. The van der Waals surface area contributed by atoms with E-state index in [1.165, 1.54) is 0 Å². The van der Waals surface area contributed by atoms with E-state index in [0.29, 0.717) is 5.02 Å². The van der Waals surface area contributed by atoms with Gasteiger partial charge in [0.15, 0.2) is 0 Å². The Bertz CT molecular complexity index is 691. The normalized spacial score (nSPS) is 12.0. The van der Waals surface area contributed by atoms with Crippen LogP contribution < -0.4 is 5.73 Å². The van der Waals surface area contributed by atoms with Gasteiger partial charge in [-0.3, -0.25) is 4.90 Å². The van der Waals surface area contributed by atoms with Crippen LogP contribution in [0.1, 0.15) is 39.0 Å². The van der Waals surface area contributed by atoms with Crippen LogP contribution in [0.15, 0.2) is 24.3 Å². The lowest BCUT2D eigenvalue weighted by Gasteiger charge is -2.37. The van der Waals surface area contributed by atoms with E-state index in [-0.39, 0.29) is 5.54 Å². The van der Waals surface area contributed by atoms with Crippen molar-refractivity contribution in [2.24, 2.45) is 0 Å². The number of benzene rings is 1. The molecular weight excluding hydrogens is 320 g/mol. The topological polar surface area (TPSA) is 55.0 Å². The molecule has 2 N–H and O–H groups in total. The molecule has 0 amide bonds. The zero-order chi connectivity index (χ0) is 17.9. The van der Waals surface area contributed by atoms with Crippen molar-refractivity contribution in [1.82, 2.24) is 15.1 Å². The molecule has 0 atom stereocenters. The number of halogens is 1. The van der Waals surface area contributed by atoms with Gasteiger partial charge in [-0.05, 0) is 46.0 Å². The van der Waals surface area contributed by atoms with Crippen molar-refractivity contribution in [3.05, 3.63) is 40.5 Å². The molecule has 0 spiro atoms. The fourth-order valence-electron chi connectivity index (χ4n) is 3.20. The Labute approximate surface area is 150 Å². The van der Waals surface area contributed by atoms with Crippen molar-refractivity contribution in [1.29, 1.82) is 0 Å². The van der Waals surface area contributed by atoms with Gasteiger partial charge in [-0.15, -0.1) is 5.10 Å². The van der Waals surface area contributed by atoms with E-state index in [9.17, 15) is 0 Å². The van der Waals surface area contributed by atoms with Crippen LogP contribution in [-0.2, 0) is 6.42 Å². The monoisotopic (exact) mass is 346 g/mol. The zero-order valence-corrected chi connectivity index (χ0v) is 16.0. The van der Waals surface area contributed by atoms with Crippen molar-refractivity contribution in [3.63, 3.8) is 0 Å². The standard InChI is InChI=1S/C19H27ClN4/c1-6-24(7-2)19(4,5)12-16-17(21)13(3)18(23-22-16)14-8-10-15(20)11-9-14/h8-11H,6-7,12H2,1-5H3,(H2,21,23). The highest BCUT2D eigenvalue weighted by Crippen LogP contribution is 2.29. The highest BCUT2D eigenvalue weighted by molar-refractivity contribution is 6.30. The number of hydrogen-bond donors (Lipinski definition) is 1. The third-order valence-electron chi connectivity index (χ3n) is 4.68. The van der Waals surface area contributed by atoms with Gasteiger partial charge in [-0.25, -0.2) is 0 Å². The van der Waals surface area contributed by atoms with Crippen molar-refractivity contribution in [2.45, 2.75) is 46.6 Å². The minimum Gasteiger partial charge on any atom is -0.397 e. The van der Waals surface area contributed by atoms with Gasteiger partial charge in [0.2, 0.25) is 0 Å². The maximum absolute atomic E-state index is 6.39. The van der Waals surface area contributed by atoms with Crippen LogP contribution in [0, 0.1) is 6.92 Å². The quantitative estimate of drug-likeness (QED) is 0.844. The molecule has 0 saturated heterocycles. The van der Waals surface area contributed by atoms with E-state index >= 15 is 0 Å². The number of hydrogen-bond acceptors (Lipinski definition) is 4. The van der Waals surface area contributed by atoms with E-state index in [1.54, 1.807) is 0 Å². The van der Waals surface area contributed by atoms with Gasteiger partial charge >= 0.3 is 0 Å². The summed E-state index contributed by atoms with van der Waals surface area (Å²) in [6, 6.07) is 7.59. The summed E-state index contributed by atoms with van der Waals surface area (Å²) in [5, 5.41) is 9.59. The first kappa shape index (κ1) is 18.7. The highest BCUT2D eigenvalue weighted by atomic mass is 35.5. The predicted octanol–water partition coefficient (Wildman–Crippen LogP) is 4.35. The largest absolute Gasteiger partial charge is 0.397 e. The van der Waals surface area contributed by atoms with Gasteiger partial charge in [0.25, 0.3) is 0 Å². The molecule has 0 unspecified atom stereocenters. The average molecular weight is 347 g/mol. The minimum atomic E-state index is -0.0134. The lowest BCUT2D eigenvalue weighted by molar-refractivity contribution is 0.134. The van der Waals surface area contributed by atoms with E-state index in [0.717, 1.165) is 47.7 Å². The first-order chi connectivity index (χ1) is 11.3. The summed E-state index contributed by atoms with van der Waals surface area (Å²) >= 11 is 5.96. The molecule has 1 heterocycles. The van der Waals surface area contributed by atoms with Crippen molar-refractivity contribution < 1.29 is 0 Å². The molecule has 5 heteroatoms. The number of rotatable bonds is 6. The molecule has 1 aromatic carbocycles. The fourth-order valence-corrected chi connectivity index (χ4v) is 3.32. The maximum Gasteiger partial charge on any atom is 0.0979 e. The van der Waals surface area contributed by atoms with Crippen LogP contribution in [0.3, 0.4) is 0 Å². The van der Waals surface area contributed by atoms with Crippen LogP contribution in [0.2, 0.25) is 5.02 Å². The molecule has 2 aromatic rings. The van der Waals surface area contributed by atoms with Gasteiger partial charge < -0.3 is 5.73 Å². The van der Waals surface area contributed by atoms with Crippen LogP contribution in [-0.4, -0.2) is 33.7 Å². The van der Waals surface area contributed by atoms with Crippen molar-refractivity contribution in [3.8, 4) is 11.3 Å². The van der Waals surface area contributed by atoms with Crippen molar-refractivity contribution in [2.75, 3.05) is 18.8 Å². The Morgan fingerprint density at radius 3 is 2.21 bits per heavy atom. The lowest BCUT2D eigenvalue weighted by Crippen LogP contribution is -2.45. The Balaban J connectivity index is 2.35. The van der Waals surface area contributed by atoms with Crippen LogP contribution in [0.25, 0.3) is 11.3 Å². The smallest absolute Gasteiger partial charge is 0.0979 e. The fraction of sp³-hybridized carbons (Fsp3) is 0.474. The molecule has 130 valence electrons. The molecule has 2 rings (SSSR count). The molecule has 24 heavy (non-hydrogen) atoms. The molecule has 4 nitrogen and oxygen atoms in total. The molecule has 0 fully saturated rings. The first-order valence-corrected chi connectivity index (χ1v) is 8.80. The van der Waals surface area contributed by atoms with E-state index in [1.807, 2.05) is 31.2 Å². The average Bonchev–Trinajstić information content (AvgIpc) is 2.54. The summed E-state index contributed by atoms with van der Waals surface area (Å²) in [5.74, 6) is 0. The predicted molar refractivity (Wildman–Crippen MR) is 102 cm³/mol. The maximum atomic E-state index is 6.39. The van der Waals surface area contributed by atoms with Gasteiger partial charge in [0.05, 0.1) is 17.1 Å². The molecule has 0 aliphatic heterocycles. The van der Waals surface area contributed by atoms with Crippen molar-refractivity contribution >= 4 is 17.3 Å². The molecule has 0 aliphatic carbocycles. The molecular formula is C19H27ClN4. The third kappa shape index (κ3) is 3.87. The summed E-state index contributed by atoms with van der Waals surface area (Å²) in [7, 11) is 0. The van der Waals surface area contributed by atoms with E-state index in [2.05, 4.69) is 42.8 Å². The van der Waals surface area contributed by atoms with Crippen LogP contribution >= 0.6 is 11.6 Å². The summed E-state index contributed by atoms with van der Waals surface area (Å²) in [6.07, 6.45) is 0.773. The summed E-state index contributed by atoms with van der Waals surface area (Å²) in [6.45, 7) is 12.8. The second kappa shape index (κ2) is 7.49. The Kier molecular flexibility index (Phi) is 5.83. The molecule has 0 radical (unpaired) electrons. The third-order valence-corrected chi connectivity index (χ3v) is 4.93. The summed E-state index contributed by atoms with van der Waals surface area (Å²) < 4.78 is 0. The number of nitrogen functional groups attached to an aromatic ring is 1. The van der Waals surface area contributed by atoms with Crippen LogP contribution in [0.5, 0.6) is 0 Å². The molecule has 0 aliphatic rings. The SMILES string of the molecule is CCN(CC)C(C)(C)Cc1nnc(-c2ccc(Cl)cc2)c(C)c1N. The summed E-state index contributed by atoms with van der Waals surface area (Å²) in [4.78, 5) is 2.41. The number of nitrogens with two attached hydrogens (primary N) is 1. The number of likely N-dealkylation sites (N-methyl/N-ethyl adjacent to an activating group) is 1. The van der Waals surface area contributed by atoms with Crippen LogP contribution in [0.4, 0.5) is 5.69 Å². The summed E-state index contributed by atoms with van der Waals surface area (Å²) in [5.41, 5.74) is 10.7. The second-order valence-corrected chi connectivity index (χ2v) is 7.14. The molecule has 1 aromatic heterocycles. The number of aromatic nitrogens is 2. The van der Waals surface area contributed by atoms with Gasteiger partial charge in [0.1, 0.15) is 0 Å². The number of anilines is 1. The number of nitrogens with zero attached hydrogens (tertiary/aromatic N) is 3. The minimum absolute atomic E-state index is 0.0134. The highest BCUT2D eigenvalue weighted by Gasteiger charge is 2.27. The second-order valence-electron chi connectivity index (χ2n) is 6.70. The first-order valence-electron chi connectivity index (χ1n) is 8.42. The Hall–Kier alpha value is -1.65. The van der Waals surface area contributed by atoms with Gasteiger partial charge in [-0.2, -0.15) is 5.10 Å². The van der Waals surface area contributed by atoms with Gasteiger partial charge in [0, 0.05) is 28.1 Å². The van der Waals surface area contributed by atoms with E-state index in [4.69, 9.17) is 17.3 Å². The molecule has 0 saturated carbocycles. The lowest BCUT2D eigenvalue weighted by atomic mass is 9.93. The Morgan fingerprint density at radius 1 is 1.08 bits per heavy atom.